The van der Waals surface area contributed by atoms with Gasteiger partial charge in [0.05, 0.1) is 18.6 Å². The van der Waals surface area contributed by atoms with Crippen molar-refractivity contribution in [2.75, 3.05) is 25.6 Å². The van der Waals surface area contributed by atoms with Crippen LogP contribution in [0, 0.1) is 6.92 Å². The molecule has 0 bridgehead atoms. The van der Waals surface area contributed by atoms with Crippen LogP contribution in [0.25, 0.3) is 0 Å². The van der Waals surface area contributed by atoms with Crippen LogP contribution in [0.1, 0.15) is 94.4 Å². The summed E-state index contributed by atoms with van der Waals surface area (Å²) in [5.74, 6) is 1.67. The van der Waals surface area contributed by atoms with Crippen LogP contribution in [0.2, 0.25) is 0 Å². The second-order valence-electron chi connectivity index (χ2n) is 10.7. The summed E-state index contributed by atoms with van der Waals surface area (Å²) in [7, 11) is 1.63. The molecule has 0 atom stereocenters. The number of nitrogens with one attached hydrogen (secondary N) is 1. The van der Waals surface area contributed by atoms with E-state index in [9.17, 15) is 4.79 Å². The summed E-state index contributed by atoms with van der Waals surface area (Å²) in [4.78, 5) is 13.8. The zero-order valence-corrected chi connectivity index (χ0v) is 26.1. The number of thiazole rings is 1. The van der Waals surface area contributed by atoms with Crippen molar-refractivity contribution in [1.82, 2.24) is 0 Å². The van der Waals surface area contributed by atoms with Crippen LogP contribution in [0.15, 0.2) is 54.2 Å². The maximum absolute atomic E-state index is 12.5. The van der Waals surface area contributed by atoms with E-state index in [1.165, 1.54) is 81.1 Å². The monoisotopic (exact) mass is 581 g/mol. The molecule has 6 nitrogen and oxygen atoms in total. The minimum absolute atomic E-state index is 0.0870. The first-order chi connectivity index (χ1) is 20.1. The number of amides is 1. The van der Waals surface area contributed by atoms with E-state index >= 15 is 0 Å². The fourth-order valence-electron chi connectivity index (χ4n) is 4.76. The third-order valence-electron chi connectivity index (χ3n) is 7.08. The van der Waals surface area contributed by atoms with Crippen molar-refractivity contribution in [3.8, 4) is 17.2 Å². The maximum Gasteiger partial charge on any atom is 0.262 e. The first-order valence-corrected chi connectivity index (χ1v) is 16.2. The van der Waals surface area contributed by atoms with Gasteiger partial charge in [0.2, 0.25) is 5.51 Å². The highest BCUT2D eigenvalue weighted by molar-refractivity contribution is 7.09. The van der Waals surface area contributed by atoms with E-state index in [0.717, 1.165) is 18.7 Å². The predicted octanol–water partition coefficient (Wildman–Crippen LogP) is 8.50. The van der Waals surface area contributed by atoms with Crippen LogP contribution in [-0.2, 0) is 11.3 Å². The lowest BCUT2D eigenvalue weighted by Crippen LogP contribution is -2.30. The number of hydrogen-bond acceptors (Lipinski definition) is 5. The molecular weight excluding hydrogens is 532 g/mol. The van der Waals surface area contributed by atoms with Crippen LogP contribution in [-0.4, -0.2) is 26.2 Å². The molecule has 3 aromatic rings. The van der Waals surface area contributed by atoms with Gasteiger partial charge in [-0.1, -0.05) is 101 Å². The number of anilines is 1. The maximum atomic E-state index is 12.5. The smallest absolute Gasteiger partial charge is 0.262 e. The van der Waals surface area contributed by atoms with E-state index in [1.54, 1.807) is 30.6 Å². The number of unbranched alkanes of at least 4 members (excludes halogenated alkanes) is 11. The zero-order valence-electron chi connectivity index (χ0n) is 25.3. The molecule has 0 saturated carbocycles. The lowest BCUT2D eigenvalue weighted by Gasteiger charge is -2.13. The Bertz CT molecular complexity index is 1150. The normalized spacial score (nSPS) is 10.9. The molecule has 224 valence electrons. The summed E-state index contributed by atoms with van der Waals surface area (Å²) < 4.78 is 19.4. The van der Waals surface area contributed by atoms with E-state index < -0.39 is 0 Å². The van der Waals surface area contributed by atoms with E-state index in [-0.39, 0.29) is 12.5 Å². The molecule has 0 aliphatic carbocycles. The zero-order chi connectivity index (χ0) is 29.1. The van der Waals surface area contributed by atoms with Crippen molar-refractivity contribution in [2.45, 2.75) is 97.4 Å². The van der Waals surface area contributed by atoms with E-state index in [0.29, 0.717) is 23.9 Å². The third-order valence-corrected chi connectivity index (χ3v) is 7.94. The summed E-state index contributed by atoms with van der Waals surface area (Å²) in [6.07, 6.45) is 17.9. The number of methoxy groups -OCH3 is 1. The van der Waals surface area contributed by atoms with Crippen molar-refractivity contribution >= 4 is 22.9 Å². The van der Waals surface area contributed by atoms with Crippen LogP contribution in [0.5, 0.6) is 17.2 Å². The number of aromatic nitrogens is 1. The number of carbonyl (C=O) groups excluding carboxylic acids is 1. The molecule has 0 radical (unpaired) electrons. The largest absolute Gasteiger partial charge is 0.493 e. The van der Waals surface area contributed by atoms with Crippen molar-refractivity contribution in [1.29, 1.82) is 0 Å². The van der Waals surface area contributed by atoms with Gasteiger partial charge in [0.25, 0.3) is 5.91 Å². The Kier molecular flexibility index (Phi) is 15.1. The van der Waals surface area contributed by atoms with Crippen LogP contribution < -0.4 is 24.1 Å². The first-order valence-electron chi connectivity index (χ1n) is 15.3. The topological polar surface area (TPSA) is 60.7 Å². The second-order valence-corrected chi connectivity index (χ2v) is 11.8. The summed E-state index contributed by atoms with van der Waals surface area (Å²) in [5, 5.41) is 2.90. The van der Waals surface area contributed by atoms with Crippen molar-refractivity contribution in [2.24, 2.45) is 0 Å². The van der Waals surface area contributed by atoms with Crippen molar-refractivity contribution < 1.29 is 23.6 Å². The summed E-state index contributed by atoms with van der Waals surface area (Å²) >= 11 is 1.73. The number of carbonyl (C=O) groups is 1. The number of aryl methyl sites for hydroxylation is 1. The predicted molar refractivity (Wildman–Crippen MR) is 168 cm³/mol. The van der Waals surface area contributed by atoms with Gasteiger partial charge in [0.15, 0.2) is 30.8 Å². The van der Waals surface area contributed by atoms with Gasteiger partial charge in [-0.2, -0.15) is 4.57 Å². The standard InChI is InChI=1S/C34H48N2O4S/c1-4-5-6-7-8-9-10-11-12-13-14-15-22-39-33-23-31(20-21-32(33)38-3)40-26-34(37)35-30-18-16-29(17-19-30)25-36-24-28(2)41-27-36/h16-21,23-24,27H,4-15,22,25-26H2,1-3H3/p+1. The molecule has 41 heavy (non-hydrogen) atoms. The average molecular weight is 582 g/mol. The molecule has 1 heterocycles. The quantitative estimate of drug-likeness (QED) is 0.101. The molecule has 0 fully saturated rings. The summed E-state index contributed by atoms with van der Waals surface area (Å²) in [6, 6.07) is 13.3. The minimum Gasteiger partial charge on any atom is -0.493 e. The van der Waals surface area contributed by atoms with Gasteiger partial charge in [0.1, 0.15) is 5.75 Å². The highest BCUT2D eigenvalue weighted by atomic mass is 32.1. The molecule has 1 amide bonds. The Morgan fingerprint density at radius 1 is 0.829 bits per heavy atom. The fraction of sp³-hybridized carbons (Fsp3) is 0.529. The number of rotatable bonds is 21. The number of nitrogens with zero attached hydrogens (tertiary/aromatic N) is 1. The van der Waals surface area contributed by atoms with E-state index in [4.69, 9.17) is 14.2 Å². The first kappa shape index (κ1) is 32.5. The highest BCUT2D eigenvalue weighted by Gasteiger charge is 2.10. The van der Waals surface area contributed by atoms with Crippen molar-refractivity contribution in [3.63, 3.8) is 0 Å². The van der Waals surface area contributed by atoms with Crippen LogP contribution in [0.3, 0.4) is 0 Å². The van der Waals surface area contributed by atoms with Gasteiger partial charge in [0, 0.05) is 17.3 Å². The lowest BCUT2D eigenvalue weighted by atomic mass is 10.1. The third kappa shape index (κ3) is 13.0. The SMILES string of the molecule is CCCCCCCCCCCCCCOc1cc(OCC(=O)Nc2ccc(C[n+]3csc(C)c3)cc2)ccc1OC. The molecule has 2 aromatic carbocycles. The molecule has 0 spiro atoms. The van der Waals surface area contributed by atoms with Crippen LogP contribution >= 0.6 is 11.3 Å². The number of ether oxygens (including phenoxy) is 3. The Labute approximate surface area is 251 Å². The number of hydrogen-bond donors (Lipinski definition) is 1. The summed E-state index contributed by atoms with van der Waals surface area (Å²) in [5.41, 5.74) is 4.03. The Balaban J connectivity index is 1.31. The molecule has 3 rings (SSSR count). The number of benzene rings is 2. The van der Waals surface area contributed by atoms with Gasteiger partial charge in [-0.05, 0) is 37.6 Å². The molecule has 0 aliphatic heterocycles. The lowest BCUT2D eigenvalue weighted by molar-refractivity contribution is -0.683. The minimum atomic E-state index is -0.213. The fourth-order valence-corrected chi connectivity index (χ4v) is 5.40. The molecule has 7 heteroatoms. The van der Waals surface area contributed by atoms with Gasteiger partial charge in [-0.15, -0.1) is 0 Å². The van der Waals surface area contributed by atoms with Crippen LogP contribution in [0.4, 0.5) is 5.69 Å². The molecular formula is C34H49N2O4S+. The molecule has 0 unspecified atom stereocenters. The van der Waals surface area contributed by atoms with Gasteiger partial charge in [-0.3, -0.25) is 4.79 Å². The molecule has 1 N–H and O–H groups in total. The van der Waals surface area contributed by atoms with E-state index in [2.05, 4.69) is 35.4 Å². The van der Waals surface area contributed by atoms with Crippen molar-refractivity contribution in [3.05, 3.63) is 64.6 Å². The summed E-state index contributed by atoms with van der Waals surface area (Å²) in [6.45, 7) is 5.73. The van der Waals surface area contributed by atoms with Gasteiger partial charge < -0.3 is 19.5 Å². The van der Waals surface area contributed by atoms with Gasteiger partial charge in [-0.25, -0.2) is 0 Å². The molecule has 1 aromatic heterocycles. The Hall–Kier alpha value is -3.06. The molecule has 0 saturated heterocycles. The Morgan fingerprint density at radius 3 is 2.10 bits per heavy atom. The average Bonchev–Trinajstić information content (AvgIpc) is 3.39. The highest BCUT2D eigenvalue weighted by Crippen LogP contribution is 2.31. The second kappa shape index (κ2) is 19.1. The Morgan fingerprint density at radius 2 is 1.49 bits per heavy atom. The van der Waals surface area contributed by atoms with E-state index in [1.807, 2.05) is 30.3 Å². The van der Waals surface area contributed by atoms with Gasteiger partial charge >= 0.3 is 0 Å². The molecule has 0 aliphatic rings.